The van der Waals surface area contributed by atoms with E-state index in [1.54, 1.807) is 7.05 Å². The summed E-state index contributed by atoms with van der Waals surface area (Å²) >= 11 is 0. The zero-order valence-electron chi connectivity index (χ0n) is 10.8. The van der Waals surface area contributed by atoms with Crippen molar-refractivity contribution in [2.45, 2.75) is 32.6 Å². The molecule has 4 nitrogen and oxygen atoms in total. The van der Waals surface area contributed by atoms with Gasteiger partial charge in [-0.3, -0.25) is 0 Å². The fourth-order valence-electron chi connectivity index (χ4n) is 2.78. The molecule has 0 aromatic carbocycles. The SMILES string of the molecule is CN(CC1(C)COC1)S(=O)(=O)CC1CCCC1. The van der Waals surface area contributed by atoms with Gasteiger partial charge in [-0.05, 0) is 18.8 Å². The molecule has 1 aliphatic heterocycles. The summed E-state index contributed by atoms with van der Waals surface area (Å²) in [6, 6.07) is 0. The highest BCUT2D eigenvalue weighted by Gasteiger charge is 2.37. The van der Waals surface area contributed by atoms with Crippen LogP contribution >= 0.6 is 0 Å². The summed E-state index contributed by atoms with van der Waals surface area (Å²) in [5.74, 6) is 0.716. The highest BCUT2D eigenvalue weighted by atomic mass is 32.2. The van der Waals surface area contributed by atoms with Gasteiger partial charge in [0.15, 0.2) is 0 Å². The number of sulfonamides is 1. The minimum Gasteiger partial charge on any atom is -0.380 e. The van der Waals surface area contributed by atoms with Crippen molar-refractivity contribution in [3.05, 3.63) is 0 Å². The van der Waals surface area contributed by atoms with Crippen LogP contribution in [0.5, 0.6) is 0 Å². The van der Waals surface area contributed by atoms with Gasteiger partial charge < -0.3 is 4.74 Å². The molecule has 1 heterocycles. The van der Waals surface area contributed by atoms with E-state index in [4.69, 9.17) is 4.74 Å². The van der Waals surface area contributed by atoms with E-state index in [1.165, 1.54) is 17.1 Å². The maximum Gasteiger partial charge on any atom is 0.214 e. The van der Waals surface area contributed by atoms with Crippen LogP contribution in [0.4, 0.5) is 0 Å². The second-order valence-corrected chi connectivity index (χ2v) is 8.11. The highest BCUT2D eigenvalue weighted by molar-refractivity contribution is 7.89. The highest BCUT2D eigenvalue weighted by Crippen LogP contribution is 2.30. The number of ether oxygens (including phenoxy) is 1. The molecule has 2 rings (SSSR count). The van der Waals surface area contributed by atoms with Gasteiger partial charge >= 0.3 is 0 Å². The van der Waals surface area contributed by atoms with Crippen molar-refractivity contribution in [1.29, 1.82) is 0 Å². The zero-order chi connectivity index (χ0) is 12.5. The smallest absolute Gasteiger partial charge is 0.214 e. The van der Waals surface area contributed by atoms with Crippen LogP contribution in [-0.2, 0) is 14.8 Å². The Labute approximate surface area is 104 Å². The molecule has 0 N–H and O–H groups in total. The molecule has 0 aromatic rings. The normalized spacial score (nSPS) is 25.1. The van der Waals surface area contributed by atoms with Gasteiger partial charge in [-0.25, -0.2) is 12.7 Å². The standard InChI is InChI=1S/C12H23NO3S/c1-12(9-16-10-12)8-13(2)17(14,15)7-11-5-3-4-6-11/h11H,3-10H2,1-2H3. The molecule has 0 aromatic heterocycles. The molecule has 2 aliphatic rings. The minimum atomic E-state index is -3.08. The van der Waals surface area contributed by atoms with Crippen LogP contribution in [0.3, 0.4) is 0 Å². The first kappa shape index (κ1) is 13.3. The van der Waals surface area contributed by atoms with E-state index in [9.17, 15) is 8.42 Å². The van der Waals surface area contributed by atoms with Crippen molar-refractivity contribution in [2.24, 2.45) is 11.3 Å². The fraction of sp³-hybridized carbons (Fsp3) is 1.00. The summed E-state index contributed by atoms with van der Waals surface area (Å²) in [4.78, 5) is 0. The number of hydrogen-bond donors (Lipinski definition) is 0. The Hall–Kier alpha value is -0.130. The largest absolute Gasteiger partial charge is 0.380 e. The second kappa shape index (κ2) is 4.86. The Morgan fingerprint density at radius 3 is 2.35 bits per heavy atom. The van der Waals surface area contributed by atoms with Crippen molar-refractivity contribution in [2.75, 3.05) is 32.6 Å². The van der Waals surface area contributed by atoms with E-state index < -0.39 is 10.0 Å². The summed E-state index contributed by atoms with van der Waals surface area (Å²) in [5, 5.41) is 0. The summed E-state index contributed by atoms with van der Waals surface area (Å²) in [5.41, 5.74) is 0.0253. The van der Waals surface area contributed by atoms with E-state index in [-0.39, 0.29) is 5.41 Å². The first-order valence-electron chi connectivity index (χ1n) is 6.43. The average Bonchev–Trinajstić information content (AvgIpc) is 2.67. The van der Waals surface area contributed by atoms with Gasteiger partial charge in [0.05, 0.1) is 19.0 Å². The number of rotatable bonds is 5. The fourth-order valence-corrected chi connectivity index (χ4v) is 4.47. The molecule has 0 radical (unpaired) electrons. The molecule has 0 spiro atoms. The van der Waals surface area contributed by atoms with Gasteiger partial charge in [0, 0.05) is 19.0 Å². The van der Waals surface area contributed by atoms with E-state index in [1.807, 2.05) is 0 Å². The van der Waals surface area contributed by atoms with Crippen LogP contribution < -0.4 is 0 Å². The predicted molar refractivity (Wildman–Crippen MR) is 67.3 cm³/mol. The van der Waals surface area contributed by atoms with Crippen LogP contribution in [0.1, 0.15) is 32.6 Å². The molecule has 0 unspecified atom stereocenters. The Morgan fingerprint density at radius 2 is 1.88 bits per heavy atom. The Balaban J connectivity index is 1.89. The lowest BCUT2D eigenvalue weighted by atomic mass is 9.89. The van der Waals surface area contributed by atoms with Gasteiger partial charge in [0.1, 0.15) is 0 Å². The molecular weight excluding hydrogens is 238 g/mol. The number of nitrogens with zero attached hydrogens (tertiary/aromatic N) is 1. The topological polar surface area (TPSA) is 46.6 Å². The van der Waals surface area contributed by atoms with Crippen molar-refractivity contribution < 1.29 is 13.2 Å². The van der Waals surface area contributed by atoms with E-state index in [0.717, 1.165) is 12.8 Å². The van der Waals surface area contributed by atoms with Crippen LogP contribution in [0.25, 0.3) is 0 Å². The molecule has 2 fully saturated rings. The lowest BCUT2D eigenvalue weighted by Crippen LogP contribution is -2.49. The van der Waals surface area contributed by atoms with Gasteiger partial charge in [-0.1, -0.05) is 19.8 Å². The maximum atomic E-state index is 12.2. The van der Waals surface area contributed by atoms with Crippen molar-refractivity contribution in [3.63, 3.8) is 0 Å². The average molecular weight is 261 g/mol. The quantitative estimate of drug-likeness (QED) is 0.753. The molecule has 100 valence electrons. The first-order chi connectivity index (χ1) is 7.91. The summed E-state index contributed by atoms with van der Waals surface area (Å²) in [6.45, 7) is 4.02. The molecule has 1 aliphatic carbocycles. The van der Waals surface area contributed by atoms with Gasteiger partial charge in [0.25, 0.3) is 0 Å². The first-order valence-corrected chi connectivity index (χ1v) is 8.04. The molecule has 5 heteroatoms. The summed E-state index contributed by atoms with van der Waals surface area (Å²) < 4.78 is 31.1. The molecule has 0 atom stereocenters. The second-order valence-electron chi connectivity index (χ2n) is 5.99. The van der Waals surface area contributed by atoms with Gasteiger partial charge in [-0.2, -0.15) is 0 Å². The van der Waals surface area contributed by atoms with E-state index in [0.29, 0.717) is 31.4 Å². The molecule has 1 saturated heterocycles. The molecular formula is C12H23NO3S. The van der Waals surface area contributed by atoms with Crippen LogP contribution in [-0.4, -0.2) is 45.3 Å². The van der Waals surface area contributed by atoms with Crippen LogP contribution in [0.15, 0.2) is 0 Å². The van der Waals surface area contributed by atoms with Gasteiger partial charge in [-0.15, -0.1) is 0 Å². The molecule has 17 heavy (non-hydrogen) atoms. The van der Waals surface area contributed by atoms with Crippen molar-refractivity contribution in [1.82, 2.24) is 4.31 Å². The summed E-state index contributed by atoms with van der Waals surface area (Å²) in [6.07, 6.45) is 4.53. The van der Waals surface area contributed by atoms with E-state index in [2.05, 4.69) is 6.92 Å². The molecule has 1 saturated carbocycles. The molecule has 0 bridgehead atoms. The minimum absolute atomic E-state index is 0.0253. The third kappa shape index (κ3) is 3.20. The lowest BCUT2D eigenvalue weighted by molar-refractivity contribution is -0.106. The van der Waals surface area contributed by atoms with Crippen molar-refractivity contribution in [3.8, 4) is 0 Å². The van der Waals surface area contributed by atoms with Crippen LogP contribution in [0.2, 0.25) is 0 Å². The predicted octanol–water partition coefficient (Wildman–Crippen LogP) is 1.47. The maximum absolute atomic E-state index is 12.2. The lowest BCUT2D eigenvalue weighted by Gasteiger charge is -2.40. The molecule has 0 amide bonds. The van der Waals surface area contributed by atoms with E-state index >= 15 is 0 Å². The Morgan fingerprint density at radius 1 is 1.29 bits per heavy atom. The number of hydrogen-bond acceptors (Lipinski definition) is 3. The zero-order valence-corrected chi connectivity index (χ0v) is 11.6. The third-order valence-corrected chi connectivity index (χ3v) is 5.87. The van der Waals surface area contributed by atoms with Crippen molar-refractivity contribution >= 4 is 10.0 Å². The van der Waals surface area contributed by atoms with Crippen LogP contribution in [0, 0.1) is 11.3 Å². The van der Waals surface area contributed by atoms with Gasteiger partial charge in [0.2, 0.25) is 10.0 Å². The summed E-state index contributed by atoms with van der Waals surface area (Å²) in [7, 11) is -1.37. The third-order valence-electron chi connectivity index (χ3n) is 3.90. The Bertz CT molecular complexity index is 356. The monoisotopic (exact) mass is 261 g/mol. The Kier molecular flexibility index (Phi) is 3.80.